The molecule has 0 unspecified atom stereocenters. The first-order valence-electron chi connectivity index (χ1n) is 8.34. The molecule has 1 heterocycles. The Morgan fingerprint density at radius 1 is 1.21 bits per heavy atom. The van der Waals surface area contributed by atoms with Crippen LogP contribution >= 0.6 is 0 Å². The van der Waals surface area contributed by atoms with E-state index in [0.29, 0.717) is 11.6 Å². The normalized spacial score (nSPS) is 17.3. The fourth-order valence-corrected chi connectivity index (χ4v) is 3.10. The van der Waals surface area contributed by atoms with Gasteiger partial charge in [0.25, 0.3) is 0 Å². The van der Waals surface area contributed by atoms with E-state index in [0.717, 1.165) is 38.1 Å². The van der Waals surface area contributed by atoms with Gasteiger partial charge in [-0.3, -0.25) is 4.79 Å². The number of likely N-dealkylation sites (tertiary alicyclic amines) is 1. The van der Waals surface area contributed by atoms with E-state index in [4.69, 9.17) is 0 Å². The van der Waals surface area contributed by atoms with E-state index in [1.54, 1.807) is 11.9 Å². The molecule has 1 aromatic rings. The maximum Gasteiger partial charge on any atom is 0.416 e. The lowest BCUT2D eigenvalue weighted by atomic mass is 10.0. The van der Waals surface area contributed by atoms with E-state index in [2.05, 4.69) is 18.7 Å². The lowest BCUT2D eigenvalue weighted by Gasteiger charge is -2.38. The van der Waals surface area contributed by atoms with Gasteiger partial charge in [0.05, 0.1) is 12.0 Å². The van der Waals surface area contributed by atoms with Crippen LogP contribution in [0.4, 0.5) is 13.2 Å². The summed E-state index contributed by atoms with van der Waals surface area (Å²) in [6, 6.07) is 5.56. The number of piperidine rings is 1. The van der Waals surface area contributed by atoms with E-state index in [-0.39, 0.29) is 18.4 Å². The van der Waals surface area contributed by atoms with Gasteiger partial charge >= 0.3 is 6.18 Å². The lowest BCUT2D eigenvalue weighted by Crippen LogP contribution is -2.47. The molecule has 0 atom stereocenters. The second-order valence-corrected chi connectivity index (χ2v) is 6.74. The summed E-state index contributed by atoms with van der Waals surface area (Å²) in [6.07, 6.45) is -2.33. The Morgan fingerprint density at radius 2 is 1.75 bits per heavy atom. The van der Waals surface area contributed by atoms with Crippen LogP contribution in [-0.4, -0.2) is 47.9 Å². The Morgan fingerprint density at radius 3 is 2.21 bits per heavy atom. The van der Waals surface area contributed by atoms with Gasteiger partial charge in [-0.05, 0) is 44.4 Å². The molecule has 0 bridgehead atoms. The second kappa shape index (κ2) is 7.55. The maximum atomic E-state index is 12.6. The highest BCUT2D eigenvalue weighted by atomic mass is 19.4. The Balaban J connectivity index is 1.90. The summed E-state index contributed by atoms with van der Waals surface area (Å²) < 4.78 is 37.7. The molecule has 0 aliphatic carbocycles. The summed E-state index contributed by atoms with van der Waals surface area (Å²) in [7, 11) is 1.79. The van der Waals surface area contributed by atoms with Crippen molar-refractivity contribution >= 4 is 5.91 Å². The Kier molecular flexibility index (Phi) is 5.91. The SMILES string of the molecule is CC(C)N1CCC(N(C)C(=O)Cc2ccc(C(F)(F)F)cc2)CC1. The number of likely N-dealkylation sites (N-methyl/N-ethyl adjacent to an activating group) is 1. The van der Waals surface area contributed by atoms with Crippen LogP contribution in [0.3, 0.4) is 0 Å². The molecule has 1 saturated heterocycles. The minimum Gasteiger partial charge on any atom is -0.342 e. The molecule has 1 aromatic carbocycles. The van der Waals surface area contributed by atoms with Crippen LogP contribution in [0.15, 0.2) is 24.3 Å². The summed E-state index contributed by atoms with van der Waals surface area (Å²) in [5, 5.41) is 0. The molecule has 1 fully saturated rings. The predicted molar refractivity (Wildman–Crippen MR) is 87.6 cm³/mol. The zero-order chi connectivity index (χ0) is 17.9. The minimum atomic E-state index is -4.34. The van der Waals surface area contributed by atoms with Gasteiger partial charge in [-0.1, -0.05) is 12.1 Å². The van der Waals surface area contributed by atoms with Crippen molar-refractivity contribution < 1.29 is 18.0 Å². The van der Waals surface area contributed by atoms with Crippen LogP contribution in [-0.2, 0) is 17.4 Å². The highest BCUT2D eigenvalue weighted by molar-refractivity contribution is 5.78. The van der Waals surface area contributed by atoms with Crippen molar-refractivity contribution in [1.82, 2.24) is 9.80 Å². The number of hydrogen-bond donors (Lipinski definition) is 0. The van der Waals surface area contributed by atoms with Crippen molar-refractivity contribution in [3.8, 4) is 0 Å². The lowest BCUT2D eigenvalue weighted by molar-refractivity contribution is -0.137. The van der Waals surface area contributed by atoms with Gasteiger partial charge in [-0.2, -0.15) is 13.2 Å². The number of benzene rings is 1. The molecule has 3 nitrogen and oxygen atoms in total. The molecule has 0 N–H and O–H groups in total. The fraction of sp³-hybridized carbons (Fsp3) is 0.611. The molecular formula is C18H25F3N2O. The third-order valence-corrected chi connectivity index (χ3v) is 4.81. The number of hydrogen-bond acceptors (Lipinski definition) is 2. The highest BCUT2D eigenvalue weighted by Gasteiger charge is 2.30. The van der Waals surface area contributed by atoms with Crippen LogP contribution in [0.25, 0.3) is 0 Å². The zero-order valence-corrected chi connectivity index (χ0v) is 14.4. The molecule has 0 saturated carbocycles. The molecule has 6 heteroatoms. The topological polar surface area (TPSA) is 23.6 Å². The number of carbonyl (C=O) groups excluding carboxylic acids is 1. The fourth-order valence-electron chi connectivity index (χ4n) is 3.10. The molecule has 24 heavy (non-hydrogen) atoms. The summed E-state index contributed by atoms with van der Waals surface area (Å²) in [5.74, 6) is -0.0437. The highest BCUT2D eigenvalue weighted by Crippen LogP contribution is 2.29. The van der Waals surface area contributed by atoms with Gasteiger partial charge in [-0.15, -0.1) is 0 Å². The number of rotatable bonds is 4. The quantitative estimate of drug-likeness (QED) is 0.835. The van der Waals surface area contributed by atoms with Gasteiger partial charge in [0.1, 0.15) is 0 Å². The van der Waals surface area contributed by atoms with Crippen LogP contribution in [0.5, 0.6) is 0 Å². The summed E-state index contributed by atoms with van der Waals surface area (Å²) in [6.45, 7) is 6.28. The standard InChI is InChI=1S/C18H25F3N2O/c1-13(2)23-10-8-16(9-11-23)22(3)17(24)12-14-4-6-15(7-5-14)18(19,20)21/h4-7,13,16H,8-12H2,1-3H3. The number of alkyl halides is 3. The van der Waals surface area contributed by atoms with Crippen molar-refractivity contribution in [3.63, 3.8) is 0 Å². The zero-order valence-electron chi connectivity index (χ0n) is 14.4. The number of halogens is 3. The molecular weight excluding hydrogens is 317 g/mol. The average molecular weight is 342 g/mol. The average Bonchev–Trinajstić information content (AvgIpc) is 2.54. The Bertz CT molecular complexity index is 546. The second-order valence-electron chi connectivity index (χ2n) is 6.74. The van der Waals surface area contributed by atoms with E-state index in [1.165, 1.54) is 12.1 Å². The van der Waals surface area contributed by atoms with Gasteiger partial charge in [0.2, 0.25) is 5.91 Å². The molecule has 1 amide bonds. The first-order valence-corrected chi connectivity index (χ1v) is 8.34. The van der Waals surface area contributed by atoms with Crippen LogP contribution in [0, 0.1) is 0 Å². The minimum absolute atomic E-state index is 0.0437. The molecule has 134 valence electrons. The van der Waals surface area contributed by atoms with E-state index >= 15 is 0 Å². The van der Waals surface area contributed by atoms with E-state index in [1.807, 2.05) is 0 Å². The number of carbonyl (C=O) groups is 1. The molecule has 2 rings (SSSR count). The Hall–Kier alpha value is -1.56. The van der Waals surface area contributed by atoms with Crippen molar-refractivity contribution in [2.45, 2.75) is 51.4 Å². The largest absolute Gasteiger partial charge is 0.416 e. The summed E-state index contributed by atoms with van der Waals surface area (Å²) in [5.41, 5.74) is -0.0763. The van der Waals surface area contributed by atoms with Crippen LogP contribution in [0.2, 0.25) is 0 Å². The first kappa shape index (κ1) is 18.8. The van der Waals surface area contributed by atoms with Crippen molar-refractivity contribution in [3.05, 3.63) is 35.4 Å². The third-order valence-electron chi connectivity index (χ3n) is 4.81. The van der Waals surface area contributed by atoms with Crippen LogP contribution in [0.1, 0.15) is 37.8 Å². The van der Waals surface area contributed by atoms with Gasteiger partial charge in [0.15, 0.2) is 0 Å². The maximum absolute atomic E-state index is 12.6. The van der Waals surface area contributed by atoms with Crippen molar-refractivity contribution in [2.24, 2.45) is 0 Å². The number of amides is 1. The molecule has 0 spiro atoms. The monoisotopic (exact) mass is 342 g/mol. The molecule has 0 aromatic heterocycles. The summed E-state index contributed by atoms with van der Waals surface area (Å²) >= 11 is 0. The number of nitrogens with zero attached hydrogens (tertiary/aromatic N) is 2. The van der Waals surface area contributed by atoms with Gasteiger partial charge in [0, 0.05) is 32.2 Å². The third kappa shape index (κ3) is 4.72. The molecule has 1 aliphatic rings. The first-order chi connectivity index (χ1) is 11.2. The van der Waals surface area contributed by atoms with E-state index < -0.39 is 11.7 Å². The van der Waals surface area contributed by atoms with Crippen LogP contribution < -0.4 is 0 Å². The van der Waals surface area contributed by atoms with E-state index in [9.17, 15) is 18.0 Å². The molecule has 0 radical (unpaired) electrons. The summed E-state index contributed by atoms with van der Waals surface area (Å²) in [4.78, 5) is 16.6. The van der Waals surface area contributed by atoms with Crippen molar-refractivity contribution in [2.75, 3.05) is 20.1 Å². The van der Waals surface area contributed by atoms with Crippen molar-refractivity contribution in [1.29, 1.82) is 0 Å². The predicted octanol–water partition coefficient (Wildman–Crippen LogP) is 3.58. The molecule has 1 aliphatic heterocycles. The Labute approximate surface area is 141 Å². The smallest absolute Gasteiger partial charge is 0.342 e. The van der Waals surface area contributed by atoms with Gasteiger partial charge in [-0.25, -0.2) is 0 Å². The van der Waals surface area contributed by atoms with Gasteiger partial charge < -0.3 is 9.80 Å².